The van der Waals surface area contributed by atoms with E-state index in [0.717, 1.165) is 17.7 Å². The fraction of sp³-hybridized carbons (Fsp3) is 0.375. The van der Waals surface area contributed by atoms with Gasteiger partial charge in [0.05, 0.1) is 17.5 Å². The lowest BCUT2D eigenvalue weighted by atomic mass is 9.85. The largest absolute Gasteiger partial charge is 0.274 e. The topological polar surface area (TPSA) is 37.4 Å². The second-order valence-corrected chi connectivity index (χ2v) is 5.15. The Balaban J connectivity index is 2.02. The summed E-state index contributed by atoms with van der Waals surface area (Å²) in [5.41, 5.74) is 1.82. The minimum absolute atomic E-state index is 0.0275. The smallest absolute Gasteiger partial charge is 0.238 e. The van der Waals surface area contributed by atoms with Crippen LogP contribution in [0.1, 0.15) is 25.3 Å². The number of nitrogens with zero attached hydrogens (tertiary/aromatic N) is 1. The molecule has 0 unspecified atom stereocenters. The minimum atomic E-state index is -0.151. The number of para-hydroxylation sites is 1. The number of imide groups is 1. The number of carbonyl (C=O) groups is 2. The average Bonchev–Trinajstić information content (AvgIpc) is 2.71. The van der Waals surface area contributed by atoms with Gasteiger partial charge < -0.3 is 0 Å². The molecule has 0 aromatic heterocycles. The molecule has 1 aliphatic heterocycles. The first-order chi connectivity index (χ1) is 9.24. The van der Waals surface area contributed by atoms with Gasteiger partial charge in [-0.3, -0.25) is 9.59 Å². The Morgan fingerprint density at radius 3 is 2.21 bits per heavy atom. The number of anilines is 1. The first kappa shape index (κ1) is 12.2. The molecule has 19 heavy (non-hydrogen) atoms. The zero-order valence-corrected chi connectivity index (χ0v) is 11.0. The first-order valence-corrected chi connectivity index (χ1v) is 6.84. The van der Waals surface area contributed by atoms with Crippen molar-refractivity contribution in [3.63, 3.8) is 0 Å². The highest BCUT2D eigenvalue weighted by Crippen LogP contribution is 2.38. The second kappa shape index (κ2) is 4.65. The van der Waals surface area contributed by atoms with E-state index < -0.39 is 0 Å². The van der Waals surface area contributed by atoms with Crippen molar-refractivity contribution in [2.75, 3.05) is 4.90 Å². The van der Waals surface area contributed by atoms with E-state index in [1.54, 1.807) is 0 Å². The Bertz CT molecular complexity index is 536. The molecule has 3 heteroatoms. The summed E-state index contributed by atoms with van der Waals surface area (Å²) in [5, 5.41) is 0. The summed E-state index contributed by atoms with van der Waals surface area (Å²) in [6, 6.07) is 7.69. The van der Waals surface area contributed by atoms with Gasteiger partial charge in [0.15, 0.2) is 0 Å². The summed E-state index contributed by atoms with van der Waals surface area (Å²) >= 11 is 0. The fourth-order valence-electron chi connectivity index (χ4n) is 3.07. The molecule has 1 heterocycles. The predicted molar refractivity (Wildman–Crippen MR) is 73.7 cm³/mol. The molecule has 1 aromatic carbocycles. The number of rotatable bonds is 2. The number of carbonyl (C=O) groups excluding carboxylic acids is 2. The van der Waals surface area contributed by atoms with E-state index in [0.29, 0.717) is 12.8 Å². The standard InChI is InChI=1S/C16H17NO2/c1-2-11-7-3-6-10-14(11)17-15(18)12-8-4-5-9-13(12)16(17)19/h3-7,10,12-13H,2,8-9H2,1H3/t12-,13+. The number of benzene rings is 1. The lowest BCUT2D eigenvalue weighted by molar-refractivity contribution is -0.122. The van der Waals surface area contributed by atoms with Crippen LogP contribution in [0.25, 0.3) is 0 Å². The van der Waals surface area contributed by atoms with Gasteiger partial charge in [-0.25, -0.2) is 4.90 Å². The van der Waals surface area contributed by atoms with Crippen molar-refractivity contribution in [1.29, 1.82) is 0 Å². The van der Waals surface area contributed by atoms with Crippen LogP contribution in [0.15, 0.2) is 36.4 Å². The molecule has 98 valence electrons. The highest BCUT2D eigenvalue weighted by Gasteiger charge is 2.48. The van der Waals surface area contributed by atoms with Gasteiger partial charge in [-0.1, -0.05) is 37.3 Å². The van der Waals surface area contributed by atoms with Crippen molar-refractivity contribution in [1.82, 2.24) is 0 Å². The molecule has 1 fully saturated rings. The molecular weight excluding hydrogens is 238 g/mol. The molecule has 3 rings (SSSR count). The van der Waals surface area contributed by atoms with Crippen LogP contribution in [0, 0.1) is 11.8 Å². The molecular formula is C16H17NO2. The van der Waals surface area contributed by atoms with Gasteiger partial charge >= 0.3 is 0 Å². The average molecular weight is 255 g/mol. The monoisotopic (exact) mass is 255 g/mol. The minimum Gasteiger partial charge on any atom is -0.274 e. The van der Waals surface area contributed by atoms with Crippen molar-refractivity contribution in [3.05, 3.63) is 42.0 Å². The maximum Gasteiger partial charge on any atom is 0.238 e. The van der Waals surface area contributed by atoms with Gasteiger partial charge in [0, 0.05) is 0 Å². The van der Waals surface area contributed by atoms with Crippen molar-refractivity contribution in [2.24, 2.45) is 11.8 Å². The van der Waals surface area contributed by atoms with Crippen LogP contribution < -0.4 is 4.90 Å². The first-order valence-electron chi connectivity index (χ1n) is 6.84. The van der Waals surface area contributed by atoms with Crippen LogP contribution in [0.4, 0.5) is 5.69 Å². The summed E-state index contributed by atoms with van der Waals surface area (Å²) < 4.78 is 0. The Kier molecular flexibility index (Phi) is 2.97. The Hall–Kier alpha value is -1.90. The maximum atomic E-state index is 12.5. The number of allylic oxidation sites excluding steroid dienone is 2. The van der Waals surface area contributed by atoms with Gasteiger partial charge in [-0.15, -0.1) is 0 Å². The molecule has 0 N–H and O–H groups in total. The summed E-state index contributed by atoms with van der Waals surface area (Å²) in [6.07, 6.45) is 6.24. The van der Waals surface area contributed by atoms with Crippen LogP contribution in [0.2, 0.25) is 0 Å². The third-order valence-electron chi connectivity index (χ3n) is 4.12. The van der Waals surface area contributed by atoms with Gasteiger partial charge in [0.2, 0.25) is 11.8 Å². The van der Waals surface area contributed by atoms with Crippen molar-refractivity contribution in [2.45, 2.75) is 26.2 Å². The second-order valence-electron chi connectivity index (χ2n) is 5.15. The Morgan fingerprint density at radius 1 is 1.05 bits per heavy atom. The molecule has 0 radical (unpaired) electrons. The SMILES string of the molecule is CCc1ccccc1N1C(=O)[C@H]2CC=CC[C@H]2C1=O. The molecule has 0 spiro atoms. The third-order valence-corrected chi connectivity index (χ3v) is 4.12. The predicted octanol–water partition coefficient (Wildman–Crippen LogP) is 2.70. The summed E-state index contributed by atoms with van der Waals surface area (Å²) in [5.74, 6) is -0.356. The molecule has 2 atom stereocenters. The van der Waals surface area contributed by atoms with Crippen molar-refractivity contribution in [3.8, 4) is 0 Å². The van der Waals surface area contributed by atoms with Gasteiger partial charge in [-0.05, 0) is 30.9 Å². The van der Waals surface area contributed by atoms with Crippen molar-refractivity contribution >= 4 is 17.5 Å². The third kappa shape index (κ3) is 1.81. The summed E-state index contributed by atoms with van der Waals surface area (Å²) in [7, 11) is 0. The van der Waals surface area contributed by atoms with E-state index in [-0.39, 0.29) is 23.7 Å². The Morgan fingerprint density at radius 2 is 1.63 bits per heavy atom. The number of hydrogen-bond acceptors (Lipinski definition) is 2. The molecule has 3 nitrogen and oxygen atoms in total. The van der Waals surface area contributed by atoms with Gasteiger partial charge in [0.1, 0.15) is 0 Å². The normalized spacial score (nSPS) is 25.8. The van der Waals surface area contributed by atoms with Gasteiger partial charge in [-0.2, -0.15) is 0 Å². The maximum absolute atomic E-state index is 12.5. The highest BCUT2D eigenvalue weighted by molar-refractivity contribution is 6.22. The zero-order valence-electron chi connectivity index (χ0n) is 11.0. The molecule has 1 aliphatic carbocycles. The van der Waals surface area contributed by atoms with E-state index in [1.807, 2.05) is 43.3 Å². The van der Waals surface area contributed by atoms with Crippen LogP contribution in [0.5, 0.6) is 0 Å². The number of aryl methyl sites for hydroxylation is 1. The van der Waals surface area contributed by atoms with Crippen LogP contribution in [0.3, 0.4) is 0 Å². The molecule has 2 aliphatic rings. The number of amides is 2. The summed E-state index contributed by atoms with van der Waals surface area (Å²) in [4.78, 5) is 26.4. The molecule has 0 bridgehead atoms. The Labute approximate surface area is 112 Å². The van der Waals surface area contributed by atoms with E-state index in [2.05, 4.69) is 0 Å². The number of hydrogen-bond donors (Lipinski definition) is 0. The van der Waals surface area contributed by atoms with Crippen LogP contribution in [-0.2, 0) is 16.0 Å². The molecule has 0 saturated carbocycles. The van der Waals surface area contributed by atoms with E-state index >= 15 is 0 Å². The lowest BCUT2D eigenvalue weighted by Gasteiger charge is -2.18. The van der Waals surface area contributed by atoms with Gasteiger partial charge in [0.25, 0.3) is 0 Å². The summed E-state index contributed by atoms with van der Waals surface area (Å²) in [6.45, 7) is 2.04. The number of fused-ring (bicyclic) bond motifs is 1. The zero-order chi connectivity index (χ0) is 13.4. The van der Waals surface area contributed by atoms with Crippen molar-refractivity contribution < 1.29 is 9.59 Å². The lowest BCUT2D eigenvalue weighted by Crippen LogP contribution is -2.31. The highest BCUT2D eigenvalue weighted by atomic mass is 16.2. The molecule has 2 amide bonds. The fourth-order valence-corrected chi connectivity index (χ4v) is 3.07. The van der Waals surface area contributed by atoms with Crippen LogP contribution in [-0.4, -0.2) is 11.8 Å². The van der Waals surface area contributed by atoms with E-state index in [4.69, 9.17) is 0 Å². The van der Waals surface area contributed by atoms with E-state index in [1.165, 1.54) is 4.90 Å². The quantitative estimate of drug-likeness (QED) is 0.602. The molecule has 1 saturated heterocycles. The molecule has 1 aromatic rings. The van der Waals surface area contributed by atoms with E-state index in [9.17, 15) is 9.59 Å². The van der Waals surface area contributed by atoms with Crippen LogP contribution >= 0.6 is 0 Å².